The molecule has 1 aromatic rings. The number of methoxy groups -OCH3 is 1. The van der Waals surface area contributed by atoms with E-state index in [-0.39, 0.29) is 17.9 Å². The van der Waals surface area contributed by atoms with Gasteiger partial charge in [-0.3, -0.25) is 0 Å². The molecule has 0 aliphatic rings. The molecule has 0 radical (unpaired) electrons. The summed E-state index contributed by atoms with van der Waals surface area (Å²) in [6.07, 6.45) is -1.80. The number of carbonyl (C=O) groups is 3. The van der Waals surface area contributed by atoms with E-state index in [1.54, 1.807) is 41.5 Å². The van der Waals surface area contributed by atoms with Gasteiger partial charge in [0.25, 0.3) is 0 Å². The Morgan fingerprint density at radius 1 is 0.967 bits per heavy atom. The van der Waals surface area contributed by atoms with Gasteiger partial charge in [0.05, 0.1) is 7.11 Å². The summed E-state index contributed by atoms with van der Waals surface area (Å²) in [6, 6.07) is 4.20. The topological polar surface area (TPSA) is 120 Å². The number of aromatic hydroxyl groups is 1. The monoisotopic (exact) mass is 425 g/mol. The molecule has 0 bridgehead atoms. The number of rotatable bonds is 5. The largest absolute Gasteiger partial charge is 0.514 e. The van der Waals surface area contributed by atoms with Crippen LogP contribution >= 0.6 is 0 Å². The van der Waals surface area contributed by atoms with Crippen LogP contribution in [0.15, 0.2) is 18.2 Å². The number of benzene rings is 1. The second kappa shape index (κ2) is 9.23. The second-order valence-corrected chi connectivity index (χ2v) is 9.00. The zero-order chi connectivity index (χ0) is 23.3. The minimum absolute atomic E-state index is 0.0239. The molecule has 168 valence electrons. The molecule has 0 aliphatic carbocycles. The highest BCUT2D eigenvalue weighted by atomic mass is 16.7. The van der Waals surface area contributed by atoms with E-state index in [0.717, 1.165) is 0 Å². The maximum Gasteiger partial charge on any atom is 0.514 e. The zero-order valence-corrected chi connectivity index (χ0v) is 18.7. The van der Waals surface area contributed by atoms with E-state index in [0.29, 0.717) is 5.56 Å². The Hall–Kier alpha value is -2.97. The predicted molar refractivity (Wildman–Crippen MR) is 108 cm³/mol. The van der Waals surface area contributed by atoms with Crippen molar-refractivity contribution in [3.8, 4) is 11.5 Å². The minimum atomic E-state index is -1.47. The Morgan fingerprint density at radius 3 is 2.03 bits per heavy atom. The summed E-state index contributed by atoms with van der Waals surface area (Å²) in [6.45, 7) is 11.6. The molecule has 1 amide bonds. The van der Waals surface area contributed by atoms with Crippen molar-refractivity contribution in [1.82, 2.24) is 5.32 Å². The molecular formula is C21H31NO8. The number of nitrogens with one attached hydrogen (secondary N) is 1. The highest BCUT2D eigenvalue weighted by molar-refractivity contribution is 5.85. The van der Waals surface area contributed by atoms with Crippen LogP contribution in [0.25, 0.3) is 0 Å². The number of amides is 1. The first kappa shape index (κ1) is 25.1. The molecule has 0 spiro atoms. The van der Waals surface area contributed by atoms with E-state index >= 15 is 0 Å². The van der Waals surface area contributed by atoms with E-state index in [1.807, 2.05) is 0 Å². The highest BCUT2D eigenvalue weighted by Crippen LogP contribution is 2.29. The number of phenolic OH excluding ortho intramolecular Hbond substituents is 1. The Bertz CT molecular complexity index is 791. The van der Waals surface area contributed by atoms with Gasteiger partial charge in [-0.1, -0.05) is 6.07 Å². The lowest BCUT2D eigenvalue weighted by Gasteiger charge is -2.30. The molecule has 0 saturated carbocycles. The van der Waals surface area contributed by atoms with Gasteiger partial charge < -0.3 is 29.4 Å². The number of hydrogen-bond acceptors (Lipinski definition) is 8. The molecule has 0 aromatic heterocycles. The molecule has 1 atom stereocenters. The summed E-state index contributed by atoms with van der Waals surface area (Å²) in [5, 5.41) is 12.5. The quantitative estimate of drug-likeness (QED) is 0.416. The van der Waals surface area contributed by atoms with Crippen molar-refractivity contribution in [2.75, 3.05) is 7.11 Å². The molecule has 30 heavy (non-hydrogen) atoms. The third-order valence-electron chi connectivity index (χ3n) is 3.58. The van der Waals surface area contributed by atoms with Crippen molar-refractivity contribution in [2.45, 2.75) is 71.6 Å². The van der Waals surface area contributed by atoms with E-state index in [9.17, 15) is 19.5 Å². The minimum Gasteiger partial charge on any atom is -0.504 e. The number of carbonyl (C=O) groups excluding carboxylic acids is 3. The molecule has 0 unspecified atom stereocenters. The lowest BCUT2D eigenvalue weighted by molar-refractivity contribution is -0.147. The average molecular weight is 425 g/mol. The van der Waals surface area contributed by atoms with Crippen molar-refractivity contribution < 1.29 is 38.4 Å². The predicted octanol–water partition coefficient (Wildman–Crippen LogP) is 3.71. The van der Waals surface area contributed by atoms with Crippen molar-refractivity contribution in [2.24, 2.45) is 0 Å². The van der Waals surface area contributed by atoms with E-state index in [4.69, 9.17) is 18.9 Å². The molecule has 2 N–H and O–H groups in total. The van der Waals surface area contributed by atoms with Crippen LogP contribution in [-0.4, -0.2) is 47.2 Å². The smallest absolute Gasteiger partial charge is 0.504 e. The van der Waals surface area contributed by atoms with Crippen molar-refractivity contribution in [3.63, 3.8) is 0 Å². The summed E-state index contributed by atoms with van der Waals surface area (Å²) >= 11 is 0. The van der Waals surface area contributed by atoms with Crippen LogP contribution in [0.3, 0.4) is 0 Å². The van der Waals surface area contributed by atoms with E-state index in [1.165, 1.54) is 32.2 Å². The molecule has 9 heteroatoms. The molecule has 0 aliphatic heterocycles. The summed E-state index contributed by atoms with van der Waals surface area (Å²) < 4.78 is 20.2. The van der Waals surface area contributed by atoms with Crippen LogP contribution in [0.4, 0.5) is 9.59 Å². The van der Waals surface area contributed by atoms with E-state index < -0.39 is 35.0 Å². The molecule has 1 aromatic carbocycles. The Kier molecular flexibility index (Phi) is 7.71. The molecular weight excluding hydrogens is 394 g/mol. The van der Waals surface area contributed by atoms with Gasteiger partial charge in [0, 0.05) is 6.42 Å². The van der Waals surface area contributed by atoms with Gasteiger partial charge in [-0.25, -0.2) is 14.4 Å². The average Bonchev–Trinajstić information content (AvgIpc) is 2.53. The third-order valence-corrected chi connectivity index (χ3v) is 3.58. The van der Waals surface area contributed by atoms with Gasteiger partial charge in [0.1, 0.15) is 16.7 Å². The summed E-state index contributed by atoms with van der Waals surface area (Å²) in [4.78, 5) is 36.5. The number of esters is 1. The first-order valence-corrected chi connectivity index (χ1v) is 9.37. The number of alkyl carbamates (subject to hydrolysis) is 1. The normalized spacial score (nSPS) is 13.6. The standard InChI is InChI=1S/C21H31NO8/c1-19(2,3)29-17(25)22-21(7,16(24)27-8)12-13-9-10-14(23)15(11-13)28-18(26)30-20(4,5)6/h9-11,23H,12H2,1-8H3,(H,22,25)/t21-/m0/s1. The number of ether oxygens (including phenoxy) is 4. The zero-order valence-electron chi connectivity index (χ0n) is 18.7. The van der Waals surface area contributed by atoms with Gasteiger partial charge in [0.15, 0.2) is 11.5 Å². The van der Waals surface area contributed by atoms with Gasteiger partial charge in [-0.05, 0) is 66.2 Å². The summed E-state index contributed by atoms with van der Waals surface area (Å²) in [5.41, 5.74) is -2.52. The van der Waals surface area contributed by atoms with Gasteiger partial charge >= 0.3 is 18.2 Å². The SMILES string of the molecule is COC(=O)[C@](C)(Cc1ccc(O)c(OC(=O)OC(C)(C)C)c1)NC(=O)OC(C)(C)C. The second-order valence-electron chi connectivity index (χ2n) is 9.00. The van der Waals surface area contributed by atoms with Crippen molar-refractivity contribution in [3.05, 3.63) is 23.8 Å². The summed E-state index contributed by atoms with van der Waals surface area (Å²) in [5.74, 6) is -1.13. The lowest BCUT2D eigenvalue weighted by Crippen LogP contribution is -2.55. The van der Waals surface area contributed by atoms with Gasteiger partial charge in [-0.2, -0.15) is 0 Å². The fourth-order valence-corrected chi connectivity index (χ4v) is 2.44. The fraction of sp³-hybridized carbons (Fsp3) is 0.571. The van der Waals surface area contributed by atoms with Crippen LogP contribution in [0, 0.1) is 0 Å². The van der Waals surface area contributed by atoms with Crippen LogP contribution in [0.1, 0.15) is 54.0 Å². The first-order chi connectivity index (χ1) is 13.5. The lowest BCUT2D eigenvalue weighted by atomic mass is 9.92. The van der Waals surface area contributed by atoms with Crippen molar-refractivity contribution >= 4 is 18.2 Å². The Labute approximate surface area is 176 Å². The number of hydrogen-bond donors (Lipinski definition) is 2. The maximum atomic E-state index is 12.4. The van der Waals surface area contributed by atoms with Crippen LogP contribution in [0.5, 0.6) is 11.5 Å². The Balaban J connectivity index is 3.09. The Morgan fingerprint density at radius 2 is 1.53 bits per heavy atom. The molecule has 1 rings (SSSR count). The first-order valence-electron chi connectivity index (χ1n) is 9.37. The molecule has 0 fully saturated rings. The van der Waals surface area contributed by atoms with Gasteiger partial charge in [-0.15, -0.1) is 0 Å². The highest BCUT2D eigenvalue weighted by Gasteiger charge is 2.38. The summed E-state index contributed by atoms with van der Waals surface area (Å²) in [7, 11) is 1.20. The molecule has 0 heterocycles. The van der Waals surface area contributed by atoms with E-state index in [2.05, 4.69) is 5.32 Å². The third kappa shape index (κ3) is 8.18. The molecule has 0 saturated heterocycles. The molecule has 9 nitrogen and oxygen atoms in total. The number of phenols is 1. The van der Waals surface area contributed by atoms with Crippen LogP contribution in [0.2, 0.25) is 0 Å². The van der Waals surface area contributed by atoms with Gasteiger partial charge in [0.2, 0.25) is 0 Å². The van der Waals surface area contributed by atoms with Crippen molar-refractivity contribution in [1.29, 1.82) is 0 Å². The fourth-order valence-electron chi connectivity index (χ4n) is 2.44. The maximum absolute atomic E-state index is 12.4. The van der Waals surface area contributed by atoms with Crippen LogP contribution in [-0.2, 0) is 25.4 Å². The van der Waals surface area contributed by atoms with Crippen LogP contribution < -0.4 is 10.1 Å².